The number of Topliss-reactive ketones (excluding diaryl/α,β-unsaturated/α-hetero) is 1. The molecule has 34 heavy (non-hydrogen) atoms. The monoisotopic (exact) mass is 455 g/mol. The van der Waals surface area contributed by atoms with Crippen LogP contribution in [0, 0.1) is 5.92 Å². The summed E-state index contributed by atoms with van der Waals surface area (Å²) < 4.78 is 11.7. The first-order valence-electron chi connectivity index (χ1n) is 11.7. The molecule has 0 saturated carbocycles. The topological polar surface area (TPSA) is 81.6 Å². The van der Waals surface area contributed by atoms with Gasteiger partial charge in [-0.3, -0.25) is 9.69 Å². The third-order valence-corrected chi connectivity index (χ3v) is 7.28. The molecule has 2 aromatic carbocycles. The Morgan fingerprint density at radius 2 is 1.50 bits per heavy atom. The molecule has 2 fully saturated rings. The molecule has 7 heteroatoms. The number of carbonyl (C=O) groups is 2. The number of fused-ring (bicyclic) bond motifs is 5. The van der Waals surface area contributed by atoms with E-state index in [1.807, 2.05) is 29.2 Å². The smallest absolute Gasteiger partial charge is 0.410 e. The normalized spacial score (nSPS) is 23.2. The van der Waals surface area contributed by atoms with Crippen LogP contribution in [0.25, 0.3) is 11.1 Å². The van der Waals surface area contributed by atoms with E-state index in [0.717, 1.165) is 0 Å². The average molecular weight is 456 g/mol. The number of piperidine rings is 1. The number of amides is 1. The summed E-state index contributed by atoms with van der Waals surface area (Å²) in [6, 6.07) is 16.2. The highest BCUT2D eigenvalue weighted by molar-refractivity contribution is 5.97. The van der Waals surface area contributed by atoms with E-state index in [0.29, 0.717) is 31.6 Å². The molecule has 6 rings (SSSR count). The van der Waals surface area contributed by atoms with E-state index < -0.39 is 0 Å². The van der Waals surface area contributed by atoms with Crippen LogP contribution in [0.2, 0.25) is 0 Å². The van der Waals surface area contributed by atoms with E-state index >= 15 is 0 Å². The Bertz CT molecular complexity index is 1170. The zero-order valence-electron chi connectivity index (χ0n) is 18.7. The molecule has 2 bridgehead atoms. The fourth-order valence-corrected chi connectivity index (χ4v) is 5.76. The number of ether oxygens (including phenoxy) is 2. The van der Waals surface area contributed by atoms with E-state index in [-0.39, 0.29) is 42.4 Å². The molecule has 1 aliphatic carbocycles. The van der Waals surface area contributed by atoms with Crippen LogP contribution < -0.4 is 0 Å². The Kier molecular flexibility index (Phi) is 5.34. The van der Waals surface area contributed by atoms with Gasteiger partial charge in [-0.25, -0.2) is 14.8 Å². The summed E-state index contributed by atoms with van der Waals surface area (Å²) in [5, 5.41) is 0. The van der Waals surface area contributed by atoms with Gasteiger partial charge < -0.3 is 9.47 Å². The first-order chi connectivity index (χ1) is 16.7. The first kappa shape index (κ1) is 21.0. The summed E-state index contributed by atoms with van der Waals surface area (Å²) in [6.07, 6.45) is 5.30. The van der Waals surface area contributed by atoms with E-state index in [9.17, 15) is 9.59 Å². The summed E-state index contributed by atoms with van der Waals surface area (Å²) >= 11 is 0. The number of nitrogens with zero attached hydrogens (tertiary/aromatic N) is 3. The van der Waals surface area contributed by atoms with E-state index in [2.05, 4.69) is 34.2 Å². The molecule has 3 aromatic rings. The summed E-state index contributed by atoms with van der Waals surface area (Å²) in [7, 11) is 0. The molecule has 2 unspecified atom stereocenters. The maximum atomic E-state index is 13.3. The van der Waals surface area contributed by atoms with Gasteiger partial charge in [0.15, 0.2) is 5.78 Å². The fourth-order valence-electron chi connectivity index (χ4n) is 5.76. The largest absolute Gasteiger partial charge is 0.448 e. The number of carbonyl (C=O) groups excluding carboxylic acids is 2. The molecule has 2 atom stereocenters. The Morgan fingerprint density at radius 1 is 0.912 bits per heavy atom. The van der Waals surface area contributed by atoms with Gasteiger partial charge in [0.25, 0.3) is 0 Å². The second-order valence-corrected chi connectivity index (χ2v) is 9.22. The van der Waals surface area contributed by atoms with Crippen molar-refractivity contribution in [3.63, 3.8) is 0 Å². The van der Waals surface area contributed by atoms with Crippen molar-refractivity contribution in [1.82, 2.24) is 14.9 Å². The molecule has 7 nitrogen and oxygen atoms in total. The number of morpholine rings is 1. The zero-order chi connectivity index (χ0) is 23.1. The van der Waals surface area contributed by atoms with Crippen molar-refractivity contribution in [2.24, 2.45) is 5.92 Å². The Labute approximate surface area is 197 Å². The Balaban J connectivity index is 1.17. The van der Waals surface area contributed by atoms with Crippen molar-refractivity contribution >= 4 is 11.9 Å². The molecule has 172 valence electrons. The van der Waals surface area contributed by atoms with Gasteiger partial charge in [0, 0.05) is 24.2 Å². The number of benzene rings is 2. The minimum atomic E-state index is -0.325. The lowest BCUT2D eigenvalue weighted by molar-refractivity contribution is -0.0747. The van der Waals surface area contributed by atoms with Crippen LogP contribution in [0.15, 0.2) is 67.3 Å². The van der Waals surface area contributed by atoms with Crippen molar-refractivity contribution in [1.29, 1.82) is 0 Å². The van der Waals surface area contributed by atoms with Crippen LogP contribution in [0.1, 0.15) is 40.2 Å². The number of hydrogen-bond donors (Lipinski definition) is 0. The molecule has 3 aliphatic rings. The standard InChI is InChI=1S/C27H25N3O4/c31-26(18-11-28-16-29-12-18)17-9-19-13-33-14-20(10-17)30(19)27(32)34-15-25-23-7-3-1-5-21(23)22-6-2-4-8-24(22)25/h1-8,11-12,16-17,19-20,25H,9-10,13-15H2. The van der Waals surface area contributed by atoms with Crippen LogP contribution in [0.5, 0.6) is 0 Å². The van der Waals surface area contributed by atoms with Gasteiger partial charge in [0.05, 0.1) is 30.9 Å². The van der Waals surface area contributed by atoms with Crippen LogP contribution in [-0.4, -0.2) is 58.6 Å². The van der Waals surface area contributed by atoms with Gasteiger partial charge in [-0.05, 0) is 35.1 Å². The molecular formula is C27H25N3O4. The van der Waals surface area contributed by atoms with Crippen LogP contribution in [0.4, 0.5) is 4.79 Å². The molecule has 0 radical (unpaired) electrons. The van der Waals surface area contributed by atoms with Gasteiger partial charge in [0.1, 0.15) is 12.9 Å². The van der Waals surface area contributed by atoms with Crippen molar-refractivity contribution in [2.75, 3.05) is 19.8 Å². The van der Waals surface area contributed by atoms with Gasteiger partial charge in [-0.15, -0.1) is 0 Å². The SMILES string of the molecule is O=C(c1cncnc1)C1CC2COCC(C1)N2C(=O)OCC1c2ccccc2-c2ccccc21. The molecule has 0 spiro atoms. The summed E-state index contributed by atoms with van der Waals surface area (Å²) in [5.74, 6) is -0.128. The zero-order valence-corrected chi connectivity index (χ0v) is 18.7. The van der Waals surface area contributed by atoms with E-state index in [4.69, 9.17) is 9.47 Å². The summed E-state index contributed by atoms with van der Waals surface area (Å²) in [4.78, 5) is 36.0. The molecular weight excluding hydrogens is 430 g/mol. The van der Waals surface area contributed by atoms with Crippen LogP contribution >= 0.6 is 0 Å². The van der Waals surface area contributed by atoms with Crippen LogP contribution in [0.3, 0.4) is 0 Å². The predicted molar refractivity (Wildman–Crippen MR) is 124 cm³/mol. The van der Waals surface area contributed by atoms with Crippen molar-refractivity contribution in [3.05, 3.63) is 83.9 Å². The van der Waals surface area contributed by atoms with Gasteiger partial charge in [-0.1, -0.05) is 48.5 Å². The molecule has 0 N–H and O–H groups in total. The lowest BCUT2D eigenvalue weighted by Gasteiger charge is -2.47. The highest BCUT2D eigenvalue weighted by atomic mass is 16.6. The van der Waals surface area contributed by atoms with E-state index in [1.165, 1.54) is 28.6 Å². The lowest BCUT2D eigenvalue weighted by atomic mass is 9.81. The highest BCUT2D eigenvalue weighted by Crippen LogP contribution is 2.44. The van der Waals surface area contributed by atoms with Crippen molar-refractivity contribution in [3.8, 4) is 11.1 Å². The minimum absolute atomic E-state index is 0.0182. The maximum Gasteiger partial charge on any atom is 0.410 e. The quantitative estimate of drug-likeness (QED) is 0.551. The minimum Gasteiger partial charge on any atom is -0.448 e. The molecule has 2 aliphatic heterocycles. The van der Waals surface area contributed by atoms with Gasteiger partial charge in [0.2, 0.25) is 0 Å². The van der Waals surface area contributed by atoms with Crippen molar-refractivity contribution < 1.29 is 19.1 Å². The Hall–Kier alpha value is -3.58. The summed E-state index contributed by atoms with van der Waals surface area (Å²) in [5.41, 5.74) is 5.30. The summed E-state index contributed by atoms with van der Waals surface area (Å²) in [6.45, 7) is 1.11. The van der Waals surface area contributed by atoms with Crippen molar-refractivity contribution in [2.45, 2.75) is 30.8 Å². The molecule has 1 aromatic heterocycles. The maximum absolute atomic E-state index is 13.3. The number of rotatable bonds is 4. The molecule has 3 heterocycles. The second-order valence-electron chi connectivity index (χ2n) is 9.22. The number of ketones is 1. The Morgan fingerprint density at radius 3 is 2.12 bits per heavy atom. The van der Waals surface area contributed by atoms with Gasteiger partial charge in [-0.2, -0.15) is 0 Å². The third-order valence-electron chi connectivity index (χ3n) is 7.28. The highest BCUT2D eigenvalue weighted by Gasteiger charge is 2.45. The average Bonchev–Trinajstić information content (AvgIpc) is 3.20. The second kappa shape index (κ2) is 8.65. The fraction of sp³-hybridized carbons (Fsp3) is 0.333. The molecule has 1 amide bonds. The van der Waals surface area contributed by atoms with Gasteiger partial charge >= 0.3 is 6.09 Å². The third kappa shape index (κ3) is 3.56. The van der Waals surface area contributed by atoms with Crippen LogP contribution in [-0.2, 0) is 9.47 Å². The predicted octanol–water partition coefficient (Wildman–Crippen LogP) is 4.09. The first-order valence-corrected chi connectivity index (χ1v) is 11.7. The molecule has 2 saturated heterocycles. The number of aromatic nitrogens is 2. The van der Waals surface area contributed by atoms with E-state index in [1.54, 1.807) is 12.4 Å². The number of hydrogen-bond acceptors (Lipinski definition) is 6. The lowest BCUT2D eigenvalue weighted by Crippen LogP contribution is -2.60.